The van der Waals surface area contributed by atoms with Crippen molar-refractivity contribution in [3.63, 3.8) is 0 Å². The van der Waals surface area contributed by atoms with Gasteiger partial charge in [0.25, 0.3) is 5.91 Å². The standard InChI is InChI=1S/C17H23NO2S/c1-21-12-13-2-4-15(5-3-13)17(19)18(16-6-7-16)10-14-8-9-20-11-14/h2-5,14,16H,6-12H2,1H3/t14-/m1/s1. The van der Waals surface area contributed by atoms with Gasteiger partial charge in [0.15, 0.2) is 0 Å². The van der Waals surface area contributed by atoms with Gasteiger partial charge in [-0.3, -0.25) is 4.79 Å². The molecule has 1 heterocycles. The van der Waals surface area contributed by atoms with Gasteiger partial charge < -0.3 is 9.64 Å². The molecule has 21 heavy (non-hydrogen) atoms. The van der Waals surface area contributed by atoms with Crippen LogP contribution in [0.25, 0.3) is 0 Å². The lowest BCUT2D eigenvalue weighted by Gasteiger charge is -2.25. The van der Waals surface area contributed by atoms with Crippen molar-refractivity contribution in [1.29, 1.82) is 0 Å². The lowest BCUT2D eigenvalue weighted by Crippen LogP contribution is -2.37. The highest BCUT2D eigenvalue weighted by Crippen LogP contribution is 2.30. The van der Waals surface area contributed by atoms with E-state index in [0.717, 1.165) is 50.3 Å². The minimum atomic E-state index is 0.195. The molecule has 3 rings (SSSR count). The Morgan fingerprint density at radius 1 is 1.29 bits per heavy atom. The van der Waals surface area contributed by atoms with Gasteiger partial charge in [0.2, 0.25) is 0 Å². The highest BCUT2D eigenvalue weighted by molar-refractivity contribution is 7.97. The predicted octanol–water partition coefficient (Wildman–Crippen LogP) is 3.19. The summed E-state index contributed by atoms with van der Waals surface area (Å²) in [5.74, 6) is 1.71. The first kappa shape index (κ1) is 14.9. The summed E-state index contributed by atoms with van der Waals surface area (Å²) in [7, 11) is 0. The Bertz CT molecular complexity index is 478. The third-order valence-corrected chi connectivity index (χ3v) is 4.86. The van der Waals surface area contributed by atoms with Crippen LogP contribution in [0.2, 0.25) is 0 Å². The van der Waals surface area contributed by atoms with Crippen LogP contribution in [0.15, 0.2) is 24.3 Å². The van der Waals surface area contributed by atoms with Crippen LogP contribution in [-0.4, -0.2) is 42.9 Å². The number of nitrogens with zero attached hydrogens (tertiary/aromatic N) is 1. The van der Waals surface area contributed by atoms with Gasteiger partial charge in [-0.15, -0.1) is 0 Å². The van der Waals surface area contributed by atoms with Crippen molar-refractivity contribution in [2.75, 3.05) is 26.0 Å². The quantitative estimate of drug-likeness (QED) is 0.808. The molecular weight excluding hydrogens is 282 g/mol. The van der Waals surface area contributed by atoms with Crippen LogP contribution < -0.4 is 0 Å². The van der Waals surface area contributed by atoms with Crippen LogP contribution in [-0.2, 0) is 10.5 Å². The molecule has 0 spiro atoms. The topological polar surface area (TPSA) is 29.5 Å². The minimum Gasteiger partial charge on any atom is -0.381 e. The Morgan fingerprint density at radius 2 is 2.05 bits per heavy atom. The first-order chi connectivity index (χ1) is 10.3. The van der Waals surface area contributed by atoms with Crippen LogP contribution >= 0.6 is 11.8 Å². The lowest BCUT2D eigenvalue weighted by molar-refractivity contribution is 0.0706. The molecule has 0 radical (unpaired) electrons. The second kappa shape index (κ2) is 6.84. The third kappa shape index (κ3) is 3.80. The van der Waals surface area contributed by atoms with E-state index in [2.05, 4.69) is 23.3 Å². The maximum atomic E-state index is 12.8. The highest BCUT2D eigenvalue weighted by Gasteiger charge is 2.35. The Hall–Kier alpha value is -1.00. The third-order valence-electron chi connectivity index (χ3n) is 4.24. The monoisotopic (exact) mass is 305 g/mol. The van der Waals surface area contributed by atoms with Gasteiger partial charge in [-0.25, -0.2) is 0 Å². The largest absolute Gasteiger partial charge is 0.381 e. The molecule has 1 aliphatic carbocycles. The Labute approximate surface area is 131 Å². The van der Waals surface area contributed by atoms with E-state index in [9.17, 15) is 4.79 Å². The van der Waals surface area contributed by atoms with Gasteiger partial charge in [0, 0.05) is 36.4 Å². The number of amides is 1. The summed E-state index contributed by atoms with van der Waals surface area (Å²) in [6, 6.07) is 8.58. The van der Waals surface area contributed by atoms with Gasteiger partial charge in [-0.1, -0.05) is 12.1 Å². The highest BCUT2D eigenvalue weighted by atomic mass is 32.2. The van der Waals surface area contributed by atoms with Crippen molar-refractivity contribution in [3.8, 4) is 0 Å². The molecule has 1 aliphatic heterocycles. The molecule has 0 bridgehead atoms. The molecule has 3 nitrogen and oxygen atoms in total. The van der Waals surface area contributed by atoms with Crippen LogP contribution in [0.3, 0.4) is 0 Å². The number of carbonyl (C=O) groups excluding carboxylic acids is 1. The van der Waals surface area contributed by atoms with Crippen molar-refractivity contribution < 1.29 is 9.53 Å². The normalized spacial score (nSPS) is 21.5. The first-order valence-electron chi connectivity index (χ1n) is 7.74. The maximum Gasteiger partial charge on any atom is 0.254 e. The zero-order valence-electron chi connectivity index (χ0n) is 12.6. The minimum absolute atomic E-state index is 0.195. The molecular formula is C17H23NO2S. The fourth-order valence-corrected chi connectivity index (χ4v) is 3.39. The van der Waals surface area contributed by atoms with E-state index in [-0.39, 0.29) is 5.91 Å². The van der Waals surface area contributed by atoms with E-state index < -0.39 is 0 Å². The molecule has 0 N–H and O–H groups in total. The number of hydrogen-bond donors (Lipinski definition) is 0. The Balaban J connectivity index is 1.67. The zero-order chi connectivity index (χ0) is 14.7. The maximum absolute atomic E-state index is 12.8. The molecule has 1 saturated heterocycles. The summed E-state index contributed by atoms with van der Waals surface area (Å²) in [5, 5.41) is 0. The first-order valence-corrected chi connectivity index (χ1v) is 9.14. The molecule has 2 fully saturated rings. The van der Waals surface area contributed by atoms with Gasteiger partial charge in [-0.05, 0) is 43.2 Å². The van der Waals surface area contributed by atoms with E-state index in [0.29, 0.717) is 12.0 Å². The second-order valence-corrected chi connectivity index (χ2v) is 6.91. The predicted molar refractivity (Wildman–Crippen MR) is 86.6 cm³/mol. The van der Waals surface area contributed by atoms with E-state index in [4.69, 9.17) is 4.74 Å². The molecule has 1 saturated carbocycles. The molecule has 0 aromatic heterocycles. The summed E-state index contributed by atoms with van der Waals surface area (Å²) < 4.78 is 5.45. The SMILES string of the molecule is CSCc1ccc(C(=O)N(C[C@H]2CCOC2)C2CC2)cc1. The molecule has 1 aromatic carbocycles. The van der Waals surface area contributed by atoms with E-state index in [1.54, 1.807) is 11.8 Å². The number of carbonyl (C=O) groups is 1. The van der Waals surface area contributed by atoms with Crippen LogP contribution in [0, 0.1) is 5.92 Å². The number of ether oxygens (including phenoxy) is 1. The van der Waals surface area contributed by atoms with E-state index in [1.165, 1.54) is 5.56 Å². The van der Waals surface area contributed by atoms with Crippen LogP contribution in [0.5, 0.6) is 0 Å². The number of rotatable bonds is 6. The molecule has 1 aromatic rings. The second-order valence-electron chi connectivity index (χ2n) is 6.05. The van der Waals surface area contributed by atoms with Crippen molar-refractivity contribution >= 4 is 17.7 Å². The average molecular weight is 305 g/mol. The van der Waals surface area contributed by atoms with Crippen molar-refractivity contribution in [1.82, 2.24) is 4.90 Å². The zero-order valence-corrected chi connectivity index (χ0v) is 13.4. The number of thioether (sulfide) groups is 1. The van der Waals surface area contributed by atoms with E-state index >= 15 is 0 Å². The van der Waals surface area contributed by atoms with Crippen LogP contribution in [0.4, 0.5) is 0 Å². The molecule has 2 aliphatic rings. The average Bonchev–Trinajstić information content (AvgIpc) is 3.22. The summed E-state index contributed by atoms with van der Waals surface area (Å²) in [5.41, 5.74) is 2.10. The van der Waals surface area contributed by atoms with Crippen molar-refractivity contribution in [2.24, 2.45) is 5.92 Å². The Kier molecular flexibility index (Phi) is 4.86. The Morgan fingerprint density at radius 3 is 2.62 bits per heavy atom. The summed E-state index contributed by atoms with van der Waals surface area (Å²) in [6.45, 7) is 2.51. The van der Waals surface area contributed by atoms with Gasteiger partial charge in [-0.2, -0.15) is 11.8 Å². The van der Waals surface area contributed by atoms with Crippen molar-refractivity contribution in [3.05, 3.63) is 35.4 Å². The number of hydrogen-bond acceptors (Lipinski definition) is 3. The van der Waals surface area contributed by atoms with Gasteiger partial charge in [0.1, 0.15) is 0 Å². The smallest absolute Gasteiger partial charge is 0.254 e. The van der Waals surface area contributed by atoms with Gasteiger partial charge >= 0.3 is 0 Å². The summed E-state index contributed by atoms with van der Waals surface area (Å²) >= 11 is 1.80. The fourth-order valence-electron chi connectivity index (χ4n) is 2.87. The molecule has 1 atom stereocenters. The van der Waals surface area contributed by atoms with Crippen molar-refractivity contribution in [2.45, 2.75) is 31.1 Å². The molecule has 0 unspecified atom stereocenters. The molecule has 4 heteroatoms. The van der Waals surface area contributed by atoms with Crippen LogP contribution in [0.1, 0.15) is 35.2 Å². The van der Waals surface area contributed by atoms with Gasteiger partial charge in [0.05, 0.1) is 6.61 Å². The lowest BCUT2D eigenvalue weighted by atomic mass is 10.1. The summed E-state index contributed by atoms with van der Waals surface area (Å²) in [6.07, 6.45) is 5.49. The fraction of sp³-hybridized carbons (Fsp3) is 0.588. The molecule has 1 amide bonds. The summed E-state index contributed by atoms with van der Waals surface area (Å²) in [4.78, 5) is 14.8. The number of benzene rings is 1. The molecule has 114 valence electrons. The van der Waals surface area contributed by atoms with E-state index in [1.807, 2.05) is 12.1 Å².